The molecule has 1 saturated carbocycles. The molecule has 0 radical (unpaired) electrons. The molecular weight excluding hydrogens is 374 g/mol. The number of aromatic nitrogens is 3. The fraction of sp³-hybridized carbons (Fsp3) is 0.375. The molecule has 2 amide bonds. The topological polar surface area (TPSA) is 80.1 Å². The first-order valence-electron chi connectivity index (χ1n) is 7.72. The predicted octanol–water partition coefficient (Wildman–Crippen LogP) is 1.70. The van der Waals surface area contributed by atoms with Gasteiger partial charge >= 0.3 is 0 Å². The van der Waals surface area contributed by atoms with Crippen LogP contribution in [0.4, 0.5) is 5.95 Å². The van der Waals surface area contributed by atoms with E-state index in [-0.39, 0.29) is 23.8 Å². The zero-order valence-electron chi connectivity index (χ0n) is 13.1. The first kappa shape index (κ1) is 15.3. The van der Waals surface area contributed by atoms with E-state index in [0.29, 0.717) is 18.1 Å². The van der Waals surface area contributed by atoms with Crippen LogP contribution < -0.4 is 5.32 Å². The summed E-state index contributed by atoms with van der Waals surface area (Å²) >= 11 is 3.48. The summed E-state index contributed by atoms with van der Waals surface area (Å²) in [6, 6.07) is 5.75. The zero-order chi connectivity index (χ0) is 16.9. The molecule has 2 aliphatic rings. The molecule has 4 rings (SSSR count). The minimum Gasteiger partial charge on any atom is -0.328 e. The molecule has 0 saturated heterocycles. The maximum Gasteiger partial charge on any atom is 0.254 e. The molecular formula is C16H16BrN5O2. The average molecular weight is 390 g/mol. The van der Waals surface area contributed by atoms with E-state index in [4.69, 9.17) is 0 Å². The Kier molecular flexibility index (Phi) is 3.45. The number of carbonyl (C=O) groups excluding carboxylic acids is 2. The van der Waals surface area contributed by atoms with Crippen molar-refractivity contribution in [3.05, 3.63) is 40.1 Å². The number of carbonyl (C=O) groups is 2. The van der Waals surface area contributed by atoms with Crippen LogP contribution in [0.3, 0.4) is 0 Å². The van der Waals surface area contributed by atoms with Gasteiger partial charge in [0.25, 0.3) is 5.91 Å². The molecule has 124 valence electrons. The number of anilines is 1. The summed E-state index contributed by atoms with van der Waals surface area (Å²) in [7, 11) is 1.70. The minimum atomic E-state index is -0.268. The molecule has 7 nitrogen and oxygen atoms in total. The number of rotatable bonds is 3. The second kappa shape index (κ2) is 5.41. The van der Waals surface area contributed by atoms with E-state index in [1.54, 1.807) is 11.9 Å². The van der Waals surface area contributed by atoms with Crippen LogP contribution >= 0.6 is 15.9 Å². The van der Waals surface area contributed by atoms with Crippen molar-refractivity contribution in [3.63, 3.8) is 0 Å². The van der Waals surface area contributed by atoms with E-state index < -0.39 is 0 Å². The molecule has 2 heterocycles. The van der Waals surface area contributed by atoms with Crippen LogP contribution in [0.5, 0.6) is 0 Å². The molecule has 1 aliphatic heterocycles. The number of hydrogen-bond acceptors (Lipinski definition) is 4. The van der Waals surface area contributed by atoms with Gasteiger partial charge in [-0.3, -0.25) is 14.9 Å². The lowest BCUT2D eigenvalue weighted by Gasteiger charge is -2.34. The van der Waals surface area contributed by atoms with E-state index in [1.807, 2.05) is 18.2 Å². The number of aryl methyl sites for hydroxylation is 1. The molecule has 1 aromatic carbocycles. The van der Waals surface area contributed by atoms with Gasteiger partial charge in [0, 0.05) is 29.0 Å². The molecule has 2 aromatic rings. The van der Waals surface area contributed by atoms with E-state index in [0.717, 1.165) is 22.9 Å². The Balaban J connectivity index is 1.55. The highest BCUT2D eigenvalue weighted by molar-refractivity contribution is 9.10. The van der Waals surface area contributed by atoms with Crippen LogP contribution in [0, 0.1) is 0 Å². The normalized spacial score (nSPS) is 17.8. The largest absolute Gasteiger partial charge is 0.328 e. The number of amides is 2. The standard InChI is InChI=1S/C16H16BrN5O2/c1-21-15(18-9-19-21)20-13(23)7-22-8-16(4-5-16)12-6-10(17)2-3-11(12)14(22)24/h2-3,6,9H,4-5,7-8H2,1H3,(H,18,19,20,23). The molecule has 1 N–H and O–H groups in total. The Bertz CT molecular complexity index is 843. The predicted molar refractivity (Wildman–Crippen MR) is 90.6 cm³/mol. The Labute approximate surface area is 147 Å². The molecule has 1 aliphatic carbocycles. The highest BCUT2D eigenvalue weighted by atomic mass is 79.9. The number of benzene rings is 1. The molecule has 1 spiro atoms. The quantitative estimate of drug-likeness (QED) is 0.866. The van der Waals surface area contributed by atoms with Crippen molar-refractivity contribution in [1.82, 2.24) is 19.7 Å². The lowest BCUT2D eigenvalue weighted by Crippen LogP contribution is -2.46. The number of nitrogens with zero attached hydrogens (tertiary/aromatic N) is 4. The Morgan fingerprint density at radius 1 is 1.42 bits per heavy atom. The van der Waals surface area contributed by atoms with Gasteiger partial charge in [0.2, 0.25) is 11.9 Å². The van der Waals surface area contributed by atoms with Crippen molar-refractivity contribution in [1.29, 1.82) is 0 Å². The third-order valence-corrected chi connectivity index (χ3v) is 5.21. The van der Waals surface area contributed by atoms with Gasteiger partial charge in [0.05, 0.1) is 0 Å². The van der Waals surface area contributed by atoms with Crippen LogP contribution in [0.2, 0.25) is 0 Å². The Hall–Kier alpha value is -2.22. The fourth-order valence-corrected chi connectivity index (χ4v) is 3.65. The summed E-state index contributed by atoms with van der Waals surface area (Å²) in [5.74, 6) is 0.00822. The summed E-state index contributed by atoms with van der Waals surface area (Å²) in [6.07, 6.45) is 3.46. The first-order chi connectivity index (χ1) is 11.5. The number of halogens is 1. The van der Waals surface area contributed by atoms with Crippen molar-refractivity contribution in [2.24, 2.45) is 7.05 Å². The maximum atomic E-state index is 12.7. The van der Waals surface area contributed by atoms with Crippen molar-refractivity contribution >= 4 is 33.7 Å². The lowest BCUT2D eigenvalue weighted by atomic mass is 9.86. The SMILES string of the molecule is Cn1ncnc1NC(=O)CN1CC2(CC2)c2cc(Br)ccc2C1=O. The molecule has 8 heteroatoms. The minimum absolute atomic E-state index is 0.0120. The summed E-state index contributed by atoms with van der Waals surface area (Å²) in [6.45, 7) is 0.602. The van der Waals surface area contributed by atoms with Gasteiger partial charge in [-0.25, -0.2) is 4.68 Å². The molecule has 1 fully saturated rings. The molecule has 0 unspecified atom stereocenters. The van der Waals surface area contributed by atoms with E-state index in [2.05, 4.69) is 31.3 Å². The van der Waals surface area contributed by atoms with Crippen molar-refractivity contribution < 1.29 is 9.59 Å². The molecule has 1 aromatic heterocycles. The highest BCUT2D eigenvalue weighted by Crippen LogP contribution is 2.52. The van der Waals surface area contributed by atoms with Gasteiger partial charge < -0.3 is 4.90 Å². The van der Waals surface area contributed by atoms with E-state index in [9.17, 15) is 9.59 Å². The summed E-state index contributed by atoms with van der Waals surface area (Å²) in [4.78, 5) is 30.6. The highest BCUT2D eigenvalue weighted by Gasteiger charge is 2.51. The van der Waals surface area contributed by atoms with Gasteiger partial charge in [0.15, 0.2) is 0 Å². The maximum absolute atomic E-state index is 12.7. The van der Waals surface area contributed by atoms with Crippen LogP contribution in [0.1, 0.15) is 28.8 Å². The van der Waals surface area contributed by atoms with Gasteiger partial charge in [-0.15, -0.1) is 0 Å². The summed E-state index contributed by atoms with van der Waals surface area (Å²) in [5.41, 5.74) is 1.82. The smallest absolute Gasteiger partial charge is 0.254 e. The molecule has 0 atom stereocenters. The van der Waals surface area contributed by atoms with E-state index in [1.165, 1.54) is 11.0 Å². The Morgan fingerprint density at radius 3 is 2.88 bits per heavy atom. The van der Waals surface area contributed by atoms with Gasteiger partial charge in [-0.2, -0.15) is 10.1 Å². The second-order valence-corrected chi connectivity index (χ2v) is 7.30. The van der Waals surface area contributed by atoms with Crippen LogP contribution in [-0.2, 0) is 17.3 Å². The van der Waals surface area contributed by atoms with Crippen LogP contribution in [0.25, 0.3) is 0 Å². The third kappa shape index (κ3) is 2.50. The van der Waals surface area contributed by atoms with Crippen LogP contribution in [-0.4, -0.2) is 44.6 Å². The fourth-order valence-electron chi connectivity index (χ4n) is 3.29. The second-order valence-electron chi connectivity index (χ2n) is 6.39. The lowest BCUT2D eigenvalue weighted by molar-refractivity contribution is -0.117. The van der Waals surface area contributed by atoms with Gasteiger partial charge in [-0.1, -0.05) is 15.9 Å². The van der Waals surface area contributed by atoms with Crippen molar-refractivity contribution in [2.75, 3.05) is 18.4 Å². The van der Waals surface area contributed by atoms with Crippen LogP contribution in [0.15, 0.2) is 29.0 Å². The van der Waals surface area contributed by atoms with E-state index >= 15 is 0 Å². The number of fused-ring (bicyclic) bond motifs is 2. The number of hydrogen-bond donors (Lipinski definition) is 1. The van der Waals surface area contributed by atoms with Crippen molar-refractivity contribution in [3.8, 4) is 0 Å². The average Bonchev–Trinajstić information content (AvgIpc) is 3.21. The third-order valence-electron chi connectivity index (χ3n) is 4.71. The Morgan fingerprint density at radius 2 is 2.21 bits per heavy atom. The number of nitrogens with one attached hydrogen (secondary N) is 1. The summed E-state index contributed by atoms with van der Waals surface area (Å²) in [5, 5.41) is 6.60. The molecule has 0 bridgehead atoms. The first-order valence-corrected chi connectivity index (χ1v) is 8.51. The van der Waals surface area contributed by atoms with Gasteiger partial charge in [-0.05, 0) is 36.6 Å². The van der Waals surface area contributed by atoms with Crippen molar-refractivity contribution in [2.45, 2.75) is 18.3 Å². The monoisotopic (exact) mass is 389 g/mol. The zero-order valence-corrected chi connectivity index (χ0v) is 14.7. The molecule has 24 heavy (non-hydrogen) atoms. The van der Waals surface area contributed by atoms with Gasteiger partial charge in [0.1, 0.15) is 12.9 Å². The summed E-state index contributed by atoms with van der Waals surface area (Å²) < 4.78 is 2.46.